The number of nitrogens with zero attached hydrogens (tertiary/aromatic N) is 2. The van der Waals surface area contributed by atoms with E-state index in [1.807, 2.05) is 20.8 Å². The molecule has 0 saturated carbocycles. The Kier molecular flexibility index (Phi) is 2.74. The molecule has 0 aliphatic rings. The van der Waals surface area contributed by atoms with Crippen molar-refractivity contribution in [3.8, 4) is 0 Å². The van der Waals surface area contributed by atoms with Gasteiger partial charge in [0.1, 0.15) is 5.56 Å². The second-order valence-electron chi connectivity index (χ2n) is 4.12. The van der Waals surface area contributed by atoms with Crippen molar-refractivity contribution < 1.29 is 9.47 Å². The Bertz CT molecular complexity index is 353. The molecule has 4 nitrogen and oxygen atoms in total. The highest BCUT2D eigenvalue weighted by atomic mass is 16.5. The lowest BCUT2D eigenvalue weighted by Crippen LogP contribution is -2.30. The molecule has 0 radical (unpaired) electrons. The first-order valence-corrected chi connectivity index (χ1v) is 4.40. The van der Waals surface area contributed by atoms with Crippen LogP contribution in [0.4, 0.5) is 0 Å². The molecular formula is C10H14N2O2. The first-order chi connectivity index (χ1) is 6.39. The van der Waals surface area contributed by atoms with Gasteiger partial charge in [-0.3, -0.25) is 0 Å². The molecule has 0 N–H and O–H groups in total. The van der Waals surface area contributed by atoms with Crippen LogP contribution in [0.3, 0.4) is 0 Å². The van der Waals surface area contributed by atoms with E-state index in [1.165, 1.54) is 18.6 Å². The Morgan fingerprint density at radius 2 is 2.07 bits per heavy atom. The smallest absolute Gasteiger partial charge is 0.193 e. The van der Waals surface area contributed by atoms with Crippen LogP contribution in [0, 0.1) is 10.4 Å². The van der Waals surface area contributed by atoms with Crippen molar-refractivity contribution in [2.24, 2.45) is 0 Å². The van der Waals surface area contributed by atoms with Crippen LogP contribution in [0.25, 0.3) is 0 Å². The van der Waals surface area contributed by atoms with E-state index < -0.39 is 5.54 Å². The summed E-state index contributed by atoms with van der Waals surface area (Å²) in [5, 5.41) is 22.4. The van der Waals surface area contributed by atoms with Crippen molar-refractivity contribution in [3.05, 3.63) is 40.5 Å². The van der Waals surface area contributed by atoms with Gasteiger partial charge in [-0.25, -0.2) is 4.74 Å². The minimum Gasteiger partial charge on any atom is -0.623 e. The third-order valence-corrected chi connectivity index (χ3v) is 1.73. The molecule has 0 unspecified atom stereocenters. The Morgan fingerprint density at radius 3 is 2.57 bits per heavy atom. The maximum absolute atomic E-state index is 11.5. The van der Waals surface area contributed by atoms with E-state index in [9.17, 15) is 10.4 Å². The third kappa shape index (κ3) is 2.73. The van der Waals surface area contributed by atoms with Gasteiger partial charge in [0.25, 0.3) is 0 Å². The van der Waals surface area contributed by atoms with Crippen LogP contribution >= 0.6 is 0 Å². The number of aromatic nitrogens is 1. The van der Waals surface area contributed by atoms with Gasteiger partial charge < -0.3 is 10.4 Å². The highest BCUT2D eigenvalue weighted by Gasteiger charge is 2.18. The fourth-order valence-electron chi connectivity index (χ4n) is 0.877. The topological polar surface area (TPSA) is 53.0 Å². The Morgan fingerprint density at radius 1 is 1.43 bits per heavy atom. The highest BCUT2D eigenvalue weighted by Crippen LogP contribution is 2.05. The van der Waals surface area contributed by atoms with Gasteiger partial charge in [0.2, 0.25) is 0 Å². The van der Waals surface area contributed by atoms with Crippen LogP contribution in [-0.2, 0) is 0 Å². The molecule has 0 spiro atoms. The zero-order valence-electron chi connectivity index (χ0n) is 8.60. The van der Waals surface area contributed by atoms with Crippen LogP contribution in [0.15, 0.2) is 24.5 Å². The number of hydroxylamine groups is 1. The molecule has 0 bridgehead atoms. The van der Waals surface area contributed by atoms with Crippen molar-refractivity contribution in [1.82, 2.24) is 0 Å². The Balaban J connectivity index is 2.98. The summed E-state index contributed by atoms with van der Waals surface area (Å²) in [5.74, 6) is 0. The van der Waals surface area contributed by atoms with Crippen LogP contribution in [0.1, 0.15) is 26.3 Å². The van der Waals surface area contributed by atoms with Gasteiger partial charge >= 0.3 is 0 Å². The molecule has 0 atom stereocenters. The lowest BCUT2D eigenvalue weighted by Gasteiger charge is -2.18. The molecule has 4 heteroatoms. The van der Waals surface area contributed by atoms with Gasteiger partial charge in [0.05, 0.1) is 0 Å². The molecule has 1 heterocycles. The molecule has 0 amide bonds. The van der Waals surface area contributed by atoms with Crippen LogP contribution in [-0.4, -0.2) is 16.5 Å². The largest absolute Gasteiger partial charge is 0.623 e. The molecule has 1 rings (SSSR count). The minimum atomic E-state index is -0.483. The Hall–Kier alpha value is -1.58. The van der Waals surface area contributed by atoms with Gasteiger partial charge in [-0.1, -0.05) is 0 Å². The monoisotopic (exact) mass is 194 g/mol. The maximum Gasteiger partial charge on any atom is 0.193 e. The second kappa shape index (κ2) is 3.65. The molecule has 0 saturated heterocycles. The lowest BCUT2D eigenvalue weighted by atomic mass is 10.1. The number of pyridine rings is 1. The quantitative estimate of drug-likeness (QED) is 0.290. The first-order valence-electron chi connectivity index (χ1n) is 4.40. The number of hydrogen-bond acceptors (Lipinski definition) is 2. The standard InChI is InChI=1S/C10H14N2O2/c1-10(2,3)12(14)8-9-5-4-6-11(13)7-9/h4-8H,1-3H3. The maximum atomic E-state index is 11.5. The lowest BCUT2D eigenvalue weighted by molar-refractivity contribution is -0.605. The molecule has 0 aliphatic carbocycles. The van der Waals surface area contributed by atoms with Crippen molar-refractivity contribution in [2.75, 3.05) is 0 Å². The van der Waals surface area contributed by atoms with E-state index in [-0.39, 0.29) is 0 Å². The van der Waals surface area contributed by atoms with E-state index in [1.54, 1.807) is 12.1 Å². The summed E-state index contributed by atoms with van der Waals surface area (Å²) < 4.78 is 1.50. The van der Waals surface area contributed by atoms with E-state index >= 15 is 0 Å². The molecule has 0 aliphatic heterocycles. The van der Waals surface area contributed by atoms with Gasteiger partial charge in [-0.05, 0) is 6.07 Å². The van der Waals surface area contributed by atoms with Crippen LogP contribution in [0.5, 0.6) is 0 Å². The van der Waals surface area contributed by atoms with Gasteiger partial charge in [-0.15, -0.1) is 0 Å². The molecule has 0 fully saturated rings. The predicted octanol–water partition coefficient (Wildman–Crippen LogP) is 1.05. The van der Waals surface area contributed by atoms with Crippen molar-refractivity contribution in [1.29, 1.82) is 0 Å². The van der Waals surface area contributed by atoms with Crippen LogP contribution in [0.2, 0.25) is 0 Å². The van der Waals surface area contributed by atoms with Crippen molar-refractivity contribution in [3.63, 3.8) is 0 Å². The molecule has 1 aromatic heterocycles. The molecule has 76 valence electrons. The summed E-state index contributed by atoms with van der Waals surface area (Å²) in [6.45, 7) is 5.43. The SMILES string of the molecule is CC(C)(C)[N+]([O-])=Cc1ccc[n+]([O-])c1. The summed E-state index contributed by atoms with van der Waals surface area (Å²) in [7, 11) is 0. The van der Waals surface area contributed by atoms with E-state index in [4.69, 9.17) is 0 Å². The predicted molar refractivity (Wildman–Crippen MR) is 53.9 cm³/mol. The normalized spacial score (nSPS) is 12.9. The average molecular weight is 194 g/mol. The summed E-state index contributed by atoms with van der Waals surface area (Å²) in [5.41, 5.74) is 0.122. The zero-order valence-corrected chi connectivity index (χ0v) is 8.60. The van der Waals surface area contributed by atoms with Gasteiger partial charge in [0.15, 0.2) is 24.1 Å². The minimum absolute atomic E-state index is 0.483. The van der Waals surface area contributed by atoms with Gasteiger partial charge in [0, 0.05) is 26.8 Å². The molecular weight excluding hydrogens is 180 g/mol. The van der Waals surface area contributed by atoms with Gasteiger partial charge in [-0.2, -0.15) is 4.73 Å². The van der Waals surface area contributed by atoms with Crippen LogP contribution < -0.4 is 4.73 Å². The second-order valence-corrected chi connectivity index (χ2v) is 4.12. The average Bonchev–Trinajstić information content (AvgIpc) is 2.02. The first kappa shape index (κ1) is 10.5. The van der Waals surface area contributed by atoms with E-state index in [0.29, 0.717) is 10.3 Å². The Labute approximate surface area is 83.3 Å². The summed E-state index contributed by atoms with van der Waals surface area (Å²) >= 11 is 0. The van der Waals surface area contributed by atoms with E-state index in [2.05, 4.69) is 0 Å². The summed E-state index contributed by atoms with van der Waals surface area (Å²) in [6, 6.07) is 3.32. The number of rotatable bonds is 1. The highest BCUT2D eigenvalue weighted by molar-refractivity contribution is 5.74. The van der Waals surface area contributed by atoms with Crippen molar-refractivity contribution >= 4 is 6.21 Å². The third-order valence-electron chi connectivity index (χ3n) is 1.73. The fourth-order valence-corrected chi connectivity index (χ4v) is 0.877. The van der Waals surface area contributed by atoms with E-state index in [0.717, 1.165) is 4.74 Å². The summed E-state index contributed by atoms with van der Waals surface area (Å²) in [6.07, 6.45) is 4.15. The molecule has 14 heavy (non-hydrogen) atoms. The number of hydrogen-bond donors (Lipinski definition) is 0. The zero-order chi connectivity index (χ0) is 10.8. The molecule has 1 aromatic rings. The summed E-state index contributed by atoms with van der Waals surface area (Å²) in [4.78, 5) is 0. The van der Waals surface area contributed by atoms with Crippen molar-refractivity contribution in [2.45, 2.75) is 26.3 Å². The fraction of sp³-hybridized carbons (Fsp3) is 0.400. The molecule has 0 aromatic carbocycles.